The predicted octanol–water partition coefficient (Wildman–Crippen LogP) is 4.79. The highest BCUT2D eigenvalue weighted by atomic mass is 35.5. The third-order valence-corrected chi connectivity index (χ3v) is 4.70. The molecule has 0 radical (unpaired) electrons. The molecule has 30 heavy (non-hydrogen) atoms. The maximum atomic E-state index is 13.6. The molecule has 2 aromatic carbocycles. The average Bonchev–Trinajstić information content (AvgIpc) is 3.14. The van der Waals surface area contributed by atoms with Crippen molar-refractivity contribution in [3.63, 3.8) is 0 Å². The standard InChI is InChI=1S/C20H12ClF3N2O4/c21-12-3-1-10(2-4-12)8-26-9-11(7-25-26)15-16(28)13-5-6-14(27)17(29)18(13)30-19(15)20(22,23)24/h1-7,9,27,29H,8H2. The number of alkyl halides is 3. The molecule has 0 saturated heterocycles. The molecule has 0 fully saturated rings. The monoisotopic (exact) mass is 436 g/mol. The quantitative estimate of drug-likeness (QED) is 0.451. The van der Waals surface area contributed by atoms with Crippen LogP contribution in [-0.4, -0.2) is 20.0 Å². The number of rotatable bonds is 3. The fourth-order valence-corrected chi connectivity index (χ4v) is 3.18. The van der Waals surface area contributed by atoms with Crippen LogP contribution in [-0.2, 0) is 12.7 Å². The number of fused-ring (bicyclic) bond motifs is 1. The van der Waals surface area contributed by atoms with Gasteiger partial charge in [-0.3, -0.25) is 9.48 Å². The van der Waals surface area contributed by atoms with Crippen LogP contribution in [0.5, 0.6) is 11.5 Å². The van der Waals surface area contributed by atoms with Gasteiger partial charge in [0.15, 0.2) is 11.3 Å². The molecule has 0 amide bonds. The van der Waals surface area contributed by atoms with Gasteiger partial charge in [0, 0.05) is 16.8 Å². The van der Waals surface area contributed by atoms with Crippen molar-refractivity contribution in [1.29, 1.82) is 0 Å². The van der Waals surface area contributed by atoms with E-state index in [1.807, 2.05) is 0 Å². The molecular weight excluding hydrogens is 425 g/mol. The third kappa shape index (κ3) is 3.48. The number of hydrogen-bond donors (Lipinski definition) is 2. The van der Waals surface area contributed by atoms with Crippen molar-refractivity contribution in [3.8, 4) is 22.6 Å². The minimum atomic E-state index is -5.03. The Morgan fingerprint density at radius 2 is 1.80 bits per heavy atom. The van der Waals surface area contributed by atoms with Crippen molar-refractivity contribution < 1.29 is 27.8 Å². The molecule has 0 unspecified atom stereocenters. The van der Waals surface area contributed by atoms with Crippen LogP contribution >= 0.6 is 11.6 Å². The predicted molar refractivity (Wildman–Crippen MR) is 103 cm³/mol. The van der Waals surface area contributed by atoms with E-state index in [1.165, 1.54) is 10.9 Å². The van der Waals surface area contributed by atoms with Gasteiger partial charge in [-0.05, 0) is 29.8 Å². The first kappa shape index (κ1) is 19.8. The van der Waals surface area contributed by atoms with Gasteiger partial charge in [0.25, 0.3) is 0 Å². The van der Waals surface area contributed by atoms with E-state index in [0.29, 0.717) is 5.02 Å². The lowest BCUT2D eigenvalue weighted by molar-refractivity contribution is -0.152. The lowest BCUT2D eigenvalue weighted by Crippen LogP contribution is -2.16. The summed E-state index contributed by atoms with van der Waals surface area (Å²) in [7, 11) is 0. The second-order valence-electron chi connectivity index (χ2n) is 6.50. The maximum Gasteiger partial charge on any atom is 0.450 e. The highest BCUT2D eigenvalue weighted by Gasteiger charge is 2.40. The summed E-state index contributed by atoms with van der Waals surface area (Å²) in [6.07, 6.45) is -2.61. The second-order valence-corrected chi connectivity index (χ2v) is 6.93. The first-order valence-electron chi connectivity index (χ1n) is 8.51. The lowest BCUT2D eigenvalue weighted by Gasteiger charge is -2.12. The van der Waals surface area contributed by atoms with Crippen molar-refractivity contribution in [3.05, 3.63) is 75.4 Å². The maximum absolute atomic E-state index is 13.6. The summed E-state index contributed by atoms with van der Waals surface area (Å²) < 4.78 is 47.2. The minimum Gasteiger partial charge on any atom is -0.504 e. The largest absolute Gasteiger partial charge is 0.504 e. The van der Waals surface area contributed by atoms with E-state index in [-0.39, 0.29) is 17.5 Å². The molecule has 2 heterocycles. The van der Waals surface area contributed by atoms with Crippen LogP contribution in [0.25, 0.3) is 22.1 Å². The summed E-state index contributed by atoms with van der Waals surface area (Å²) in [5.41, 5.74) is -1.78. The van der Waals surface area contributed by atoms with Crippen LogP contribution in [0.2, 0.25) is 5.02 Å². The van der Waals surface area contributed by atoms with Gasteiger partial charge in [-0.25, -0.2) is 0 Å². The number of aromatic hydroxyl groups is 2. The van der Waals surface area contributed by atoms with Crippen LogP contribution in [0.3, 0.4) is 0 Å². The van der Waals surface area contributed by atoms with E-state index < -0.39 is 40.0 Å². The zero-order valence-electron chi connectivity index (χ0n) is 14.9. The molecule has 0 atom stereocenters. The van der Waals surface area contributed by atoms with Crippen molar-refractivity contribution in [1.82, 2.24) is 9.78 Å². The van der Waals surface area contributed by atoms with E-state index in [9.17, 15) is 28.2 Å². The van der Waals surface area contributed by atoms with Gasteiger partial charge in [-0.1, -0.05) is 23.7 Å². The minimum absolute atomic E-state index is 0.0977. The first-order valence-corrected chi connectivity index (χ1v) is 8.89. The number of hydrogen-bond acceptors (Lipinski definition) is 5. The third-order valence-electron chi connectivity index (χ3n) is 4.45. The highest BCUT2D eigenvalue weighted by molar-refractivity contribution is 6.30. The Labute approximate surface area is 171 Å². The summed E-state index contributed by atoms with van der Waals surface area (Å²) >= 11 is 5.84. The van der Waals surface area contributed by atoms with Gasteiger partial charge in [0.05, 0.1) is 23.7 Å². The molecule has 0 aliphatic rings. The Hall–Kier alpha value is -3.46. The van der Waals surface area contributed by atoms with Gasteiger partial charge in [0.2, 0.25) is 16.9 Å². The molecule has 0 bridgehead atoms. The highest BCUT2D eigenvalue weighted by Crippen LogP contribution is 2.40. The molecule has 2 N–H and O–H groups in total. The molecule has 2 aromatic heterocycles. The van der Waals surface area contributed by atoms with Crippen molar-refractivity contribution in [2.45, 2.75) is 12.7 Å². The molecule has 4 aromatic rings. The smallest absolute Gasteiger partial charge is 0.450 e. The van der Waals surface area contributed by atoms with E-state index in [0.717, 1.165) is 23.9 Å². The Morgan fingerprint density at radius 1 is 1.10 bits per heavy atom. The molecular formula is C20H12ClF3N2O4. The van der Waals surface area contributed by atoms with E-state index >= 15 is 0 Å². The fraction of sp³-hybridized carbons (Fsp3) is 0.100. The van der Waals surface area contributed by atoms with Gasteiger partial charge in [0.1, 0.15) is 0 Å². The summed E-state index contributed by atoms with van der Waals surface area (Å²) in [4.78, 5) is 12.9. The molecule has 0 aliphatic carbocycles. The van der Waals surface area contributed by atoms with Crippen LogP contribution in [0.1, 0.15) is 11.3 Å². The normalized spacial score (nSPS) is 11.9. The summed E-state index contributed by atoms with van der Waals surface area (Å²) in [6.45, 7) is 0.242. The fourth-order valence-electron chi connectivity index (χ4n) is 3.05. The summed E-state index contributed by atoms with van der Waals surface area (Å²) in [5.74, 6) is -3.24. The van der Waals surface area contributed by atoms with Crippen LogP contribution in [0.4, 0.5) is 13.2 Å². The average molecular weight is 437 g/mol. The Balaban J connectivity index is 1.87. The van der Waals surface area contributed by atoms with E-state index in [1.54, 1.807) is 24.3 Å². The number of aromatic nitrogens is 2. The SMILES string of the molecule is O=c1c(-c2cnn(Cc3ccc(Cl)cc3)c2)c(C(F)(F)F)oc2c(O)c(O)ccc12. The Morgan fingerprint density at radius 3 is 2.47 bits per heavy atom. The number of halogens is 4. The molecule has 154 valence electrons. The van der Waals surface area contributed by atoms with Crippen LogP contribution in [0, 0.1) is 0 Å². The first-order chi connectivity index (χ1) is 14.1. The van der Waals surface area contributed by atoms with Gasteiger partial charge >= 0.3 is 6.18 Å². The zero-order chi connectivity index (χ0) is 21.6. The Kier molecular flexibility index (Phi) is 4.70. The van der Waals surface area contributed by atoms with Gasteiger partial charge in [-0.2, -0.15) is 18.3 Å². The van der Waals surface area contributed by atoms with Gasteiger partial charge in [-0.15, -0.1) is 0 Å². The molecule has 4 rings (SSSR count). The van der Waals surface area contributed by atoms with Gasteiger partial charge < -0.3 is 14.6 Å². The van der Waals surface area contributed by atoms with Crippen molar-refractivity contribution in [2.24, 2.45) is 0 Å². The number of nitrogens with zero attached hydrogens (tertiary/aromatic N) is 2. The van der Waals surface area contributed by atoms with Crippen molar-refractivity contribution >= 4 is 22.6 Å². The van der Waals surface area contributed by atoms with Crippen molar-refractivity contribution in [2.75, 3.05) is 0 Å². The summed E-state index contributed by atoms with van der Waals surface area (Å²) in [6, 6.07) is 8.90. The number of phenols is 2. The molecule has 10 heteroatoms. The number of benzene rings is 2. The lowest BCUT2D eigenvalue weighted by atomic mass is 10.0. The van der Waals surface area contributed by atoms with E-state index in [4.69, 9.17) is 16.0 Å². The topological polar surface area (TPSA) is 88.5 Å². The van der Waals surface area contributed by atoms with E-state index in [2.05, 4.69) is 5.10 Å². The molecule has 0 spiro atoms. The molecule has 6 nitrogen and oxygen atoms in total. The Bertz CT molecular complexity index is 1310. The zero-order valence-corrected chi connectivity index (χ0v) is 15.7. The second kappa shape index (κ2) is 7.10. The van der Waals surface area contributed by atoms with Crippen LogP contribution < -0.4 is 5.43 Å². The number of phenolic OH excluding ortho intramolecular Hbond substituents is 2. The molecule has 0 saturated carbocycles. The summed E-state index contributed by atoms with van der Waals surface area (Å²) in [5, 5.41) is 23.6. The van der Waals surface area contributed by atoms with Crippen LogP contribution in [0.15, 0.2) is 58.0 Å². The molecule has 0 aliphatic heterocycles.